The van der Waals surface area contributed by atoms with Crippen LogP contribution in [0.2, 0.25) is 19.6 Å². The van der Waals surface area contributed by atoms with Crippen LogP contribution >= 0.6 is 0 Å². The van der Waals surface area contributed by atoms with Crippen molar-refractivity contribution in [2.45, 2.75) is 82.0 Å². The van der Waals surface area contributed by atoms with E-state index in [2.05, 4.69) is 19.6 Å². The van der Waals surface area contributed by atoms with Gasteiger partial charge >= 0.3 is 5.97 Å². The number of carbonyl (C=O) groups is 1. The summed E-state index contributed by atoms with van der Waals surface area (Å²) in [4.78, 5) is 14.2. The first kappa shape index (κ1) is 24.7. The molecule has 3 heterocycles. The number of piperidine rings is 1. The molecule has 2 aromatic rings. The van der Waals surface area contributed by atoms with Crippen LogP contribution in [0.5, 0.6) is 0 Å². The maximum absolute atomic E-state index is 14.2. The Kier molecular flexibility index (Phi) is 6.92. The zero-order valence-corrected chi connectivity index (χ0v) is 22.4. The Morgan fingerprint density at radius 2 is 1.40 bits per heavy atom. The van der Waals surface area contributed by atoms with Gasteiger partial charge in [0.15, 0.2) is 8.32 Å². The fraction of sp³-hybridized carbons (Fsp3) is 0.552. The number of hydrogen-bond donors (Lipinski definition) is 0. The summed E-state index contributed by atoms with van der Waals surface area (Å²) in [7, 11) is -1.84. The van der Waals surface area contributed by atoms with Crippen LogP contribution in [0, 0.1) is 0 Å². The lowest BCUT2D eigenvalue weighted by Crippen LogP contribution is -2.60. The summed E-state index contributed by atoms with van der Waals surface area (Å²) in [6.45, 7) is 9.03. The summed E-state index contributed by atoms with van der Waals surface area (Å²) >= 11 is 0. The second-order valence-electron chi connectivity index (χ2n) is 11.6. The summed E-state index contributed by atoms with van der Waals surface area (Å²) in [5, 5.41) is 0. The lowest BCUT2D eigenvalue weighted by molar-refractivity contribution is -0.956. The van der Waals surface area contributed by atoms with E-state index < -0.39 is 13.9 Å². The molecule has 2 unspecified atom stereocenters. The van der Waals surface area contributed by atoms with Crippen molar-refractivity contribution in [3.8, 4) is 0 Å². The maximum Gasteiger partial charge on any atom is 0.348 e. The number of esters is 1. The first-order valence-corrected chi connectivity index (χ1v) is 16.7. The minimum atomic E-state index is -1.84. The molecule has 3 aliphatic rings. The smallest absolute Gasteiger partial charge is 0.348 e. The summed E-state index contributed by atoms with van der Waals surface area (Å²) < 4.78 is 20.3. The van der Waals surface area contributed by atoms with Gasteiger partial charge in [-0.1, -0.05) is 60.7 Å². The van der Waals surface area contributed by atoms with E-state index >= 15 is 0 Å². The summed E-state index contributed by atoms with van der Waals surface area (Å²) in [6.07, 6.45) is 7.09. The van der Waals surface area contributed by atoms with Crippen LogP contribution in [-0.4, -0.2) is 56.8 Å². The highest BCUT2D eigenvalue weighted by atomic mass is 28.4. The average molecular weight is 495 g/mol. The van der Waals surface area contributed by atoms with Gasteiger partial charge in [0.1, 0.15) is 12.9 Å². The van der Waals surface area contributed by atoms with Gasteiger partial charge in [0.05, 0.1) is 25.2 Å². The van der Waals surface area contributed by atoms with E-state index in [0.717, 1.165) is 24.0 Å². The van der Waals surface area contributed by atoms with Crippen molar-refractivity contribution < 1.29 is 23.2 Å². The third-order valence-corrected chi connectivity index (χ3v) is 9.43. The molecule has 6 heteroatoms. The highest BCUT2D eigenvalue weighted by molar-refractivity contribution is 6.69. The Labute approximate surface area is 211 Å². The van der Waals surface area contributed by atoms with E-state index in [1.54, 1.807) is 0 Å². The van der Waals surface area contributed by atoms with Gasteiger partial charge in [-0.15, -0.1) is 0 Å². The summed E-state index contributed by atoms with van der Waals surface area (Å²) in [5.41, 5.74) is 0.188. The molecular weight excluding hydrogens is 454 g/mol. The van der Waals surface area contributed by atoms with Crippen LogP contribution in [0.1, 0.15) is 49.7 Å². The average Bonchev–Trinajstić information content (AvgIpc) is 3.39. The maximum atomic E-state index is 14.2. The van der Waals surface area contributed by atoms with Crippen molar-refractivity contribution >= 4 is 14.3 Å². The highest BCUT2D eigenvalue weighted by Crippen LogP contribution is 2.47. The van der Waals surface area contributed by atoms with Crippen molar-refractivity contribution in [2.24, 2.45) is 0 Å². The normalized spacial score (nSPS) is 25.6. The summed E-state index contributed by atoms with van der Waals surface area (Å²) in [5.74, 6) is -0.326. The predicted octanol–water partition coefficient (Wildman–Crippen LogP) is 5.60. The van der Waals surface area contributed by atoms with Crippen molar-refractivity contribution in [1.29, 1.82) is 0 Å². The molecule has 0 aromatic heterocycles. The molecule has 188 valence electrons. The molecule has 35 heavy (non-hydrogen) atoms. The lowest BCUT2D eigenvalue weighted by atomic mass is 9.85. The zero-order valence-electron chi connectivity index (χ0n) is 21.4. The van der Waals surface area contributed by atoms with Gasteiger partial charge in [0.2, 0.25) is 5.60 Å². The van der Waals surface area contributed by atoms with Gasteiger partial charge in [-0.3, -0.25) is 0 Å². The Hall–Kier alpha value is -1.99. The van der Waals surface area contributed by atoms with Gasteiger partial charge < -0.3 is 18.4 Å². The van der Waals surface area contributed by atoms with E-state index in [-0.39, 0.29) is 18.9 Å². The highest BCUT2D eigenvalue weighted by Gasteiger charge is 2.56. The Bertz CT molecular complexity index is 945. The van der Waals surface area contributed by atoms with E-state index in [9.17, 15) is 4.79 Å². The second kappa shape index (κ2) is 9.81. The standard InChI is InChI=1S/C29H40NO4Si/c1-35(2,3)33-22-32-29(23-12-6-4-7-13-23,24-14-8-5-9-15-24)28(31)34-27-20-25-16-17-26(21-27)30(25)18-10-11-19-30/h4-9,12-15,25-27H,10-11,16-22H2,1-3H3/q+1. The van der Waals surface area contributed by atoms with E-state index in [4.69, 9.17) is 13.9 Å². The molecule has 0 amide bonds. The number of carbonyl (C=O) groups excluding carboxylic acids is 1. The fourth-order valence-corrected chi connectivity index (χ4v) is 7.22. The van der Waals surface area contributed by atoms with Crippen molar-refractivity contribution in [3.05, 3.63) is 71.8 Å². The Balaban J connectivity index is 1.45. The molecule has 2 aromatic carbocycles. The molecule has 1 spiro atoms. The van der Waals surface area contributed by atoms with Crippen molar-refractivity contribution in [2.75, 3.05) is 19.9 Å². The van der Waals surface area contributed by atoms with Crippen LogP contribution in [-0.2, 0) is 24.3 Å². The molecule has 5 nitrogen and oxygen atoms in total. The van der Waals surface area contributed by atoms with E-state index in [1.165, 1.54) is 43.3 Å². The minimum absolute atomic E-state index is 0.0462. The third-order valence-electron chi connectivity index (χ3n) is 8.45. The first-order chi connectivity index (χ1) is 16.8. The quantitative estimate of drug-likeness (QED) is 0.207. The monoisotopic (exact) mass is 494 g/mol. The Morgan fingerprint density at radius 3 is 1.89 bits per heavy atom. The number of hydrogen-bond acceptors (Lipinski definition) is 4. The topological polar surface area (TPSA) is 44.8 Å². The second-order valence-corrected chi connectivity index (χ2v) is 16.1. The lowest BCUT2D eigenvalue weighted by Gasteiger charge is -2.47. The largest absolute Gasteiger partial charge is 0.459 e. The molecule has 2 atom stereocenters. The van der Waals surface area contributed by atoms with Crippen LogP contribution in [0.25, 0.3) is 0 Å². The number of nitrogens with zero attached hydrogens (tertiary/aromatic N) is 1. The molecule has 5 rings (SSSR count). The molecule has 3 aliphatic heterocycles. The van der Waals surface area contributed by atoms with Gasteiger partial charge in [0, 0.05) is 38.5 Å². The number of ether oxygens (including phenoxy) is 2. The van der Waals surface area contributed by atoms with Crippen LogP contribution in [0.4, 0.5) is 0 Å². The van der Waals surface area contributed by atoms with Crippen LogP contribution < -0.4 is 0 Å². The van der Waals surface area contributed by atoms with Gasteiger partial charge in [-0.25, -0.2) is 4.79 Å². The number of rotatable bonds is 8. The number of quaternary nitrogens is 1. The third kappa shape index (κ3) is 4.74. The van der Waals surface area contributed by atoms with Crippen molar-refractivity contribution in [3.63, 3.8) is 0 Å². The SMILES string of the molecule is C[Si](C)(C)OCOC(C(=O)OC1CC2CCC(C1)[N+]21CCCC1)(c1ccccc1)c1ccccc1. The molecule has 3 fully saturated rings. The fourth-order valence-electron chi connectivity index (χ4n) is 6.81. The molecule has 0 aliphatic carbocycles. The minimum Gasteiger partial charge on any atom is -0.459 e. The van der Waals surface area contributed by atoms with Gasteiger partial charge in [-0.05, 0) is 30.8 Å². The zero-order chi connectivity index (χ0) is 24.5. The first-order valence-electron chi connectivity index (χ1n) is 13.3. The molecule has 0 radical (unpaired) electrons. The van der Waals surface area contributed by atoms with Crippen LogP contribution in [0.3, 0.4) is 0 Å². The summed E-state index contributed by atoms with van der Waals surface area (Å²) in [6, 6.07) is 20.8. The van der Waals surface area contributed by atoms with E-state index in [1.807, 2.05) is 60.7 Å². The molecule has 2 bridgehead atoms. The molecule has 0 N–H and O–H groups in total. The van der Waals surface area contributed by atoms with Gasteiger partial charge in [0.25, 0.3) is 0 Å². The Morgan fingerprint density at radius 1 is 0.886 bits per heavy atom. The predicted molar refractivity (Wildman–Crippen MR) is 139 cm³/mol. The van der Waals surface area contributed by atoms with Crippen molar-refractivity contribution in [1.82, 2.24) is 0 Å². The molecule has 0 saturated carbocycles. The van der Waals surface area contributed by atoms with E-state index in [0.29, 0.717) is 12.1 Å². The molecular formula is C29H40NO4Si+. The molecule has 3 saturated heterocycles. The number of benzene rings is 2. The van der Waals surface area contributed by atoms with Crippen LogP contribution in [0.15, 0.2) is 60.7 Å². The van der Waals surface area contributed by atoms with Gasteiger partial charge in [-0.2, -0.15) is 0 Å².